The van der Waals surface area contributed by atoms with Gasteiger partial charge in [-0.25, -0.2) is 4.98 Å². The number of benzene rings is 1. The Morgan fingerprint density at radius 3 is 2.68 bits per heavy atom. The first-order valence-electron chi connectivity index (χ1n) is 5.83. The summed E-state index contributed by atoms with van der Waals surface area (Å²) in [6.07, 6.45) is 0. The van der Waals surface area contributed by atoms with Crippen LogP contribution in [-0.2, 0) is 7.05 Å². The lowest BCUT2D eigenvalue weighted by atomic mass is 10.2. The standard InChI is InChI=1S/C13H13ClN4O/c1-6-12(7(2)18(3)17-6)13-16-10-4-8(14)9(15)5-11(10)19-13/h4-5H,15H2,1-3H3. The fraction of sp³-hybridized carbons (Fsp3) is 0.231. The number of aryl methyl sites for hydroxylation is 2. The summed E-state index contributed by atoms with van der Waals surface area (Å²) in [6.45, 7) is 3.91. The average Bonchev–Trinajstić information content (AvgIpc) is 2.82. The number of nitrogen functional groups attached to an aromatic ring is 1. The normalized spacial score (nSPS) is 11.4. The lowest BCUT2D eigenvalue weighted by Crippen LogP contribution is -1.92. The van der Waals surface area contributed by atoms with Crippen molar-refractivity contribution in [3.63, 3.8) is 0 Å². The molecule has 0 radical (unpaired) electrons. The number of nitrogens with zero attached hydrogens (tertiary/aromatic N) is 3. The summed E-state index contributed by atoms with van der Waals surface area (Å²) in [7, 11) is 1.89. The average molecular weight is 277 g/mol. The molecule has 98 valence electrons. The molecule has 0 aliphatic rings. The molecule has 19 heavy (non-hydrogen) atoms. The van der Waals surface area contributed by atoms with Gasteiger partial charge in [-0.1, -0.05) is 11.6 Å². The molecular weight excluding hydrogens is 264 g/mol. The van der Waals surface area contributed by atoms with Gasteiger partial charge < -0.3 is 10.2 Å². The molecule has 6 heteroatoms. The van der Waals surface area contributed by atoms with Crippen LogP contribution in [0.25, 0.3) is 22.6 Å². The number of hydrogen-bond donors (Lipinski definition) is 1. The first-order valence-corrected chi connectivity index (χ1v) is 6.21. The number of aromatic nitrogens is 3. The maximum absolute atomic E-state index is 5.99. The minimum absolute atomic E-state index is 0.479. The highest BCUT2D eigenvalue weighted by atomic mass is 35.5. The van der Waals surface area contributed by atoms with Crippen molar-refractivity contribution in [3.8, 4) is 11.5 Å². The van der Waals surface area contributed by atoms with Gasteiger partial charge in [0.25, 0.3) is 0 Å². The Hall–Kier alpha value is -2.01. The molecule has 0 saturated carbocycles. The van der Waals surface area contributed by atoms with Crippen molar-refractivity contribution >= 4 is 28.4 Å². The maximum atomic E-state index is 5.99. The Bertz CT molecular complexity index is 749. The third kappa shape index (κ3) is 1.77. The van der Waals surface area contributed by atoms with E-state index >= 15 is 0 Å². The van der Waals surface area contributed by atoms with Gasteiger partial charge in [-0.3, -0.25) is 4.68 Å². The number of rotatable bonds is 1. The molecule has 1 aromatic carbocycles. The van der Waals surface area contributed by atoms with Gasteiger partial charge in [0.15, 0.2) is 5.58 Å². The molecular formula is C13H13ClN4O. The van der Waals surface area contributed by atoms with E-state index in [1.165, 1.54) is 0 Å². The van der Waals surface area contributed by atoms with Crippen LogP contribution in [0.15, 0.2) is 16.5 Å². The van der Waals surface area contributed by atoms with E-state index in [0.29, 0.717) is 27.7 Å². The van der Waals surface area contributed by atoms with Crippen LogP contribution in [0.3, 0.4) is 0 Å². The van der Waals surface area contributed by atoms with Crippen LogP contribution in [0, 0.1) is 13.8 Å². The van der Waals surface area contributed by atoms with E-state index in [0.717, 1.165) is 17.0 Å². The van der Waals surface area contributed by atoms with Crippen LogP contribution in [0.4, 0.5) is 5.69 Å². The molecule has 0 unspecified atom stereocenters. The summed E-state index contributed by atoms with van der Waals surface area (Å²) in [5.74, 6) is 0.541. The van der Waals surface area contributed by atoms with E-state index in [1.807, 2.05) is 20.9 Å². The first kappa shape index (κ1) is 12.0. The Labute approximate surface area is 115 Å². The zero-order chi connectivity index (χ0) is 13.7. The number of oxazole rings is 1. The van der Waals surface area contributed by atoms with Crippen molar-refractivity contribution in [3.05, 3.63) is 28.5 Å². The molecule has 2 N–H and O–H groups in total. The molecule has 0 bridgehead atoms. The Balaban J connectivity index is 2.26. The molecule has 0 amide bonds. The summed E-state index contributed by atoms with van der Waals surface area (Å²) in [5, 5.41) is 4.84. The summed E-state index contributed by atoms with van der Waals surface area (Å²) >= 11 is 5.99. The van der Waals surface area contributed by atoms with Gasteiger partial charge in [0.05, 0.1) is 22.0 Å². The highest BCUT2D eigenvalue weighted by molar-refractivity contribution is 6.33. The minimum atomic E-state index is 0.479. The number of hydrogen-bond acceptors (Lipinski definition) is 4. The van der Waals surface area contributed by atoms with E-state index in [2.05, 4.69) is 10.1 Å². The van der Waals surface area contributed by atoms with Crippen LogP contribution >= 0.6 is 11.6 Å². The fourth-order valence-corrected chi connectivity index (χ4v) is 2.31. The van der Waals surface area contributed by atoms with Gasteiger partial charge in [-0.15, -0.1) is 0 Å². The van der Waals surface area contributed by atoms with Crippen LogP contribution < -0.4 is 5.73 Å². The van der Waals surface area contributed by atoms with Crippen LogP contribution in [0.5, 0.6) is 0 Å². The third-order valence-corrected chi connectivity index (χ3v) is 3.56. The van der Waals surface area contributed by atoms with Crippen LogP contribution in [0.2, 0.25) is 5.02 Å². The quantitative estimate of drug-likeness (QED) is 0.694. The summed E-state index contributed by atoms with van der Waals surface area (Å²) in [4.78, 5) is 4.46. The number of fused-ring (bicyclic) bond motifs is 1. The topological polar surface area (TPSA) is 69.9 Å². The molecule has 3 aromatic rings. The first-order chi connectivity index (χ1) is 8.97. The van der Waals surface area contributed by atoms with Crippen molar-refractivity contribution in [2.75, 3.05) is 5.73 Å². The van der Waals surface area contributed by atoms with E-state index in [4.69, 9.17) is 21.8 Å². The van der Waals surface area contributed by atoms with Crippen LogP contribution in [-0.4, -0.2) is 14.8 Å². The van der Waals surface area contributed by atoms with Gasteiger partial charge in [0, 0.05) is 18.8 Å². The molecule has 5 nitrogen and oxygen atoms in total. The molecule has 0 fully saturated rings. The number of nitrogens with two attached hydrogens (primary N) is 1. The second-order valence-corrected chi connectivity index (χ2v) is 4.94. The molecule has 0 atom stereocenters. The van der Waals surface area contributed by atoms with Crippen molar-refractivity contribution in [1.29, 1.82) is 0 Å². The molecule has 0 aliphatic heterocycles. The zero-order valence-electron chi connectivity index (χ0n) is 10.9. The fourth-order valence-electron chi connectivity index (χ4n) is 2.15. The van der Waals surface area contributed by atoms with Crippen molar-refractivity contribution in [2.45, 2.75) is 13.8 Å². The smallest absolute Gasteiger partial charge is 0.231 e. The molecule has 2 aromatic heterocycles. The number of anilines is 1. The van der Waals surface area contributed by atoms with Gasteiger partial charge in [0.1, 0.15) is 5.52 Å². The van der Waals surface area contributed by atoms with Gasteiger partial charge in [0.2, 0.25) is 5.89 Å². The van der Waals surface area contributed by atoms with E-state index in [-0.39, 0.29) is 0 Å². The molecule has 2 heterocycles. The molecule has 0 aliphatic carbocycles. The second-order valence-electron chi connectivity index (χ2n) is 4.53. The monoisotopic (exact) mass is 276 g/mol. The summed E-state index contributed by atoms with van der Waals surface area (Å²) in [6, 6.07) is 3.40. The molecule has 0 spiro atoms. The Morgan fingerprint density at radius 2 is 2.05 bits per heavy atom. The summed E-state index contributed by atoms with van der Waals surface area (Å²) in [5.41, 5.74) is 10.4. The van der Waals surface area contributed by atoms with Crippen molar-refractivity contribution in [2.24, 2.45) is 7.05 Å². The second kappa shape index (κ2) is 3.99. The zero-order valence-corrected chi connectivity index (χ0v) is 11.6. The van der Waals surface area contributed by atoms with Gasteiger partial charge in [-0.2, -0.15) is 5.10 Å². The third-order valence-electron chi connectivity index (χ3n) is 3.23. The minimum Gasteiger partial charge on any atom is -0.436 e. The van der Waals surface area contributed by atoms with E-state index < -0.39 is 0 Å². The SMILES string of the molecule is Cc1nn(C)c(C)c1-c1nc2cc(Cl)c(N)cc2o1. The van der Waals surface area contributed by atoms with E-state index in [9.17, 15) is 0 Å². The highest BCUT2D eigenvalue weighted by Crippen LogP contribution is 2.32. The lowest BCUT2D eigenvalue weighted by molar-refractivity contribution is 0.618. The Morgan fingerprint density at radius 1 is 1.32 bits per heavy atom. The predicted octanol–water partition coefficient (Wildman–Crippen LogP) is 3.08. The summed E-state index contributed by atoms with van der Waals surface area (Å²) < 4.78 is 7.57. The van der Waals surface area contributed by atoms with E-state index in [1.54, 1.807) is 16.8 Å². The van der Waals surface area contributed by atoms with Crippen molar-refractivity contribution in [1.82, 2.24) is 14.8 Å². The van der Waals surface area contributed by atoms with Gasteiger partial charge in [-0.05, 0) is 19.9 Å². The van der Waals surface area contributed by atoms with Crippen molar-refractivity contribution < 1.29 is 4.42 Å². The maximum Gasteiger partial charge on any atom is 0.231 e. The number of halogens is 1. The molecule has 0 saturated heterocycles. The van der Waals surface area contributed by atoms with Gasteiger partial charge >= 0.3 is 0 Å². The Kier molecular flexibility index (Phi) is 2.53. The van der Waals surface area contributed by atoms with Crippen LogP contribution in [0.1, 0.15) is 11.4 Å². The molecule has 3 rings (SSSR count). The predicted molar refractivity (Wildman–Crippen MR) is 75.1 cm³/mol. The largest absolute Gasteiger partial charge is 0.436 e. The lowest BCUT2D eigenvalue weighted by Gasteiger charge is -1.95. The highest BCUT2D eigenvalue weighted by Gasteiger charge is 2.18.